The average molecular weight is 463 g/mol. The van der Waals surface area contributed by atoms with Crippen molar-refractivity contribution < 1.29 is 29.0 Å². The number of aliphatic hydroxyl groups is 1. The highest BCUT2D eigenvalue weighted by atomic mass is 16.6. The molecule has 0 aromatic rings. The molecule has 0 aliphatic carbocycles. The number of β-amino-alcohol motifs (C(OH)–C–C–N with tert-alkyl or cyclic N) is 1. The van der Waals surface area contributed by atoms with Crippen LogP contribution in [-0.2, 0) is 23.9 Å². The average Bonchev–Trinajstić information content (AvgIpc) is 3.29. The molecule has 3 aliphatic rings. The summed E-state index contributed by atoms with van der Waals surface area (Å²) in [6.45, 7) is 15.3. The monoisotopic (exact) mass is 462 g/mol. The largest absolute Gasteiger partial charge is 0.465 e. The molecule has 184 valence electrons. The van der Waals surface area contributed by atoms with Gasteiger partial charge in [-0.05, 0) is 53.4 Å². The fourth-order valence-corrected chi connectivity index (χ4v) is 5.87. The molecule has 5 atom stereocenters. The first-order valence-corrected chi connectivity index (χ1v) is 11.8. The van der Waals surface area contributed by atoms with E-state index in [0.717, 1.165) is 6.42 Å². The van der Waals surface area contributed by atoms with E-state index >= 15 is 0 Å². The standard InChI is InChI=1S/C25H38N2O6/c1-7-9-10-16-32-22(31)18-17-20(29)26(14-15-28)19(25(17)12-11-24(18,6)33-25)21(30)27(13-8-2)23(3,4)5/h7-8,17-19,28H,1-2,9-16H2,3-6H3/t17-,18+,19?,24-,25?/m0/s1. The van der Waals surface area contributed by atoms with Crippen LogP contribution in [0.2, 0.25) is 0 Å². The second-order valence-corrected chi connectivity index (χ2v) is 10.5. The molecule has 0 saturated carbocycles. The number of fused-ring (bicyclic) bond motifs is 1. The van der Waals surface area contributed by atoms with E-state index in [1.54, 1.807) is 17.1 Å². The molecule has 1 spiro atoms. The lowest BCUT2D eigenvalue weighted by Gasteiger charge is -2.41. The van der Waals surface area contributed by atoms with Crippen LogP contribution in [0.4, 0.5) is 0 Å². The second kappa shape index (κ2) is 9.22. The van der Waals surface area contributed by atoms with Gasteiger partial charge >= 0.3 is 5.97 Å². The van der Waals surface area contributed by atoms with E-state index in [0.29, 0.717) is 25.8 Å². The Kier molecular flexibility index (Phi) is 7.10. The highest BCUT2D eigenvalue weighted by Crippen LogP contribution is 2.63. The van der Waals surface area contributed by atoms with Crippen LogP contribution < -0.4 is 0 Å². The molecule has 0 aromatic heterocycles. The minimum absolute atomic E-state index is 0.000733. The third-order valence-corrected chi connectivity index (χ3v) is 7.29. The maximum atomic E-state index is 14.0. The Morgan fingerprint density at radius 3 is 2.58 bits per heavy atom. The van der Waals surface area contributed by atoms with Crippen LogP contribution >= 0.6 is 0 Å². The Balaban J connectivity index is 1.99. The van der Waals surface area contributed by atoms with Gasteiger partial charge in [-0.1, -0.05) is 12.2 Å². The highest BCUT2D eigenvalue weighted by molar-refractivity contribution is 5.98. The Hall–Kier alpha value is -2.19. The lowest BCUT2D eigenvalue weighted by atomic mass is 9.66. The number of nitrogens with zero attached hydrogens (tertiary/aromatic N) is 2. The van der Waals surface area contributed by atoms with E-state index in [1.165, 1.54) is 4.90 Å². The van der Waals surface area contributed by atoms with E-state index in [4.69, 9.17) is 9.47 Å². The van der Waals surface area contributed by atoms with Gasteiger partial charge in [0.05, 0.1) is 24.7 Å². The topological polar surface area (TPSA) is 96.4 Å². The summed E-state index contributed by atoms with van der Waals surface area (Å²) in [5, 5.41) is 9.69. The molecule has 2 amide bonds. The maximum absolute atomic E-state index is 14.0. The molecule has 3 rings (SSSR count). The summed E-state index contributed by atoms with van der Waals surface area (Å²) in [6.07, 6.45) is 5.84. The van der Waals surface area contributed by atoms with Crippen LogP contribution in [0.5, 0.6) is 0 Å². The van der Waals surface area contributed by atoms with Crippen molar-refractivity contribution in [2.45, 2.75) is 76.2 Å². The SMILES string of the molecule is C=CCCCOC(=O)[C@H]1[C@H]2C(=O)N(CCO)C(C(=O)N(CC=C)C(C)(C)C)C23CC[C@]1(C)O3. The highest BCUT2D eigenvalue weighted by Gasteiger charge is 2.78. The molecule has 8 heteroatoms. The first-order chi connectivity index (χ1) is 15.5. The molecule has 2 unspecified atom stereocenters. The summed E-state index contributed by atoms with van der Waals surface area (Å²) < 4.78 is 12.1. The Bertz CT molecular complexity index is 820. The van der Waals surface area contributed by atoms with Gasteiger partial charge in [-0.3, -0.25) is 14.4 Å². The van der Waals surface area contributed by atoms with Crippen LogP contribution in [0.15, 0.2) is 25.3 Å². The number of carbonyl (C=O) groups excluding carboxylic acids is 3. The summed E-state index contributed by atoms with van der Waals surface area (Å²) in [7, 11) is 0. The van der Waals surface area contributed by atoms with Crippen molar-refractivity contribution in [3.8, 4) is 0 Å². The first kappa shape index (κ1) is 25.4. The number of unbranched alkanes of at least 4 members (excludes halogenated alkanes) is 1. The first-order valence-electron chi connectivity index (χ1n) is 11.8. The summed E-state index contributed by atoms with van der Waals surface area (Å²) >= 11 is 0. The van der Waals surface area contributed by atoms with Crippen molar-refractivity contribution in [2.24, 2.45) is 11.8 Å². The number of carbonyl (C=O) groups is 3. The molecule has 1 N–H and O–H groups in total. The predicted octanol–water partition coefficient (Wildman–Crippen LogP) is 2.07. The Labute approximate surface area is 196 Å². The van der Waals surface area contributed by atoms with E-state index in [2.05, 4.69) is 13.2 Å². The van der Waals surface area contributed by atoms with Crippen LogP contribution in [0.3, 0.4) is 0 Å². The molecule has 0 radical (unpaired) electrons. The minimum atomic E-state index is -1.12. The number of rotatable bonds is 10. The normalized spacial score (nSPS) is 32.6. The lowest BCUT2D eigenvalue weighted by Crippen LogP contribution is -2.60. The molecule has 3 fully saturated rings. The van der Waals surface area contributed by atoms with Crippen LogP contribution in [0.25, 0.3) is 0 Å². The van der Waals surface area contributed by atoms with Crippen molar-refractivity contribution in [1.29, 1.82) is 0 Å². The fraction of sp³-hybridized carbons (Fsp3) is 0.720. The zero-order chi connectivity index (χ0) is 24.6. The van der Waals surface area contributed by atoms with Crippen molar-refractivity contribution >= 4 is 17.8 Å². The molecule has 3 aliphatic heterocycles. The zero-order valence-corrected chi connectivity index (χ0v) is 20.3. The summed E-state index contributed by atoms with van der Waals surface area (Å²) in [4.78, 5) is 43.9. The van der Waals surface area contributed by atoms with Crippen molar-refractivity contribution in [3.05, 3.63) is 25.3 Å². The van der Waals surface area contributed by atoms with E-state index < -0.39 is 40.6 Å². The quantitative estimate of drug-likeness (QED) is 0.303. The number of likely N-dealkylation sites (tertiary alicyclic amines) is 1. The summed E-state index contributed by atoms with van der Waals surface area (Å²) in [5.74, 6) is -2.64. The van der Waals surface area contributed by atoms with E-state index in [1.807, 2.05) is 27.7 Å². The number of aliphatic hydroxyl groups excluding tert-OH is 1. The summed E-state index contributed by atoms with van der Waals surface area (Å²) in [6, 6.07) is -0.915. The van der Waals surface area contributed by atoms with E-state index in [-0.39, 0.29) is 31.6 Å². The number of ether oxygens (including phenoxy) is 2. The van der Waals surface area contributed by atoms with Crippen LogP contribution in [0.1, 0.15) is 53.4 Å². The smallest absolute Gasteiger partial charge is 0.312 e. The Morgan fingerprint density at radius 2 is 2.00 bits per heavy atom. The van der Waals surface area contributed by atoms with Gasteiger partial charge in [0, 0.05) is 18.6 Å². The molecule has 33 heavy (non-hydrogen) atoms. The number of allylic oxidation sites excluding steroid dienone is 1. The summed E-state index contributed by atoms with van der Waals surface area (Å²) in [5.41, 5.74) is -2.50. The van der Waals surface area contributed by atoms with Gasteiger partial charge in [0.15, 0.2) is 0 Å². The molecular weight excluding hydrogens is 424 g/mol. The van der Waals surface area contributed by atoms with Gasteiger partial charge < -0.3 is 24.4 Å². The zero-order valence-electron chi connectivity index (χ0n) is 20.3. The van der Waals surface area contributed by atoms with E-state index in [9.17, 15) is 19.5 Å². The third kappa shape index (κ3) is 4.12. The fourth-order valence-electron chi connectivity index (χ4n) is 5.87. The van der Waals surface area contributed by atoms with Gasteiger partial charge in [0.25, 0.3) is 0 Å². The van der Waals surface area contributed by atoms with Gasteiger partial charge in [-0.2, -0.15) is 0 Å². The molecule has 8 nitrogen and oxygen atoms in total. The molecule has 3 heterocycles. The van der Waals surface area contributed by atoms with Crippen LogP contribution in [0, 0.1) is 11.8 Å². The third-order valence-electron chi connectivity index (χ3n) is 7.29. The lowest BCUT2D eigenvalue weighted by molar-refractivity contribution is -0.161. The maximum Gasteiger partial charge on any atom is 0.312 e. The Morgan fingerprint density at radius 1 is 1.30 bits per heavy atom. The van der Waals surface area contributed by atoms with Gasteiger partial charge in [-0.25, -0.2) is 0 Å². The number of esters is 1. The van der Waals surface area contributed by atoms with Crippen molar-refractivity contribution in [3.63, 3.8) is 0 Å². The molecule has 2 bridgehead atoms. The molecule has 3 saturated heterocycles. The van der Waals surface area contributed by atoms with Gasteiger partial charge in [-0.15, -0.1) is 13.2 Å². The van der Waals surface area contributed by atoms with Gasteiger partial charge in [0.2, 0.25) is 11.8 Å². The van der Waals surface area contributed by atoms with Crippen LogP contribution in [-0.4, -0.2) is 81.8 Å². The van der Waals surface area contributed by atoms with Gasteiger partial charge in [0.1, 0.15) is 17.6 Å². The number of amides is 2. The van der Waals surface area contributed by atoms with Crippen molar-refractivity contribution in [2.75, 3.05) is 26.3 Å². The predicted molar refractivity (Wildman–Crippen MR) is 123 cm³/mol. The second-order valence-electron chi connectivity index (χ2n) is 10.5. The number of hydrogen-bond acceptors (Lipinski definition) is 6. The molecular formula is C25H38N2O6. The molecule has 0 aromatic carbocycles. The minimum Gasteiger partial charge on any atom is -0.465 e. The number of hydrogen-bond donors (Lipinski definition) is 1. The van der Waals surface area contributed by atoms with Crippen molar-refractivity contribution in [1.82, 2.24) is 9.80 Å².